The van der Waals surface area contributed by atoms with Gasteiger partial charge in [-0.3, -0.25) is 9.59 Å². The van der Waals surface area contributed by atoms with Gasteiger partial charge in [-0.2, -0.15) is 0 Å². The summed E-state index contributed by atoms with van der Waals surface area (Å²) in [7, 11) is 0. The Bertz CT molecular complexity index is 701. The first-order valence-corrected chi connectivity index (χ1v) is 9.76. The number of unbranched alkanes of at least 4 members (excludes halogenated alkanes) is 1. The molecule has 2 aromatic carbocycles. The lowest BCUT2D eigenvalue weighted by Crippen LogP contribution is -2.47. The van der Waals surface area contributed by atoms with Crippen LogP contribution in [0.3, 0.4) is 0 Å². The Kier molecular flexibility index (Phi) is 8.56. The van der Waals surface area contributed by atoms with Crippen molar-refractivity contribution < 1.29 is 9.59 Å². The highest BCUT2D eigenvalue weighted by Crippen LogP contribution is 2.13. The van der Waals surface area contributed by atoms with E-state index < -0.39 is 6.04 Å². The van der Waals surface area contributed by atoms with Crippen molar-refractivity contribution in [1.29, 1.82) is 0 Å². The monoisotopic (exact) mass is 366 g/mol. The van der Waals surface area contributed by atoms with E-state index in [2.05, 4.69) is 12.2 Å². The number of benzene rings is 2. The summed E-state index contributed by atoms with van der Waals surface area (Å²) in [6.07, 6.45) is 3.04. The largest absolute Gasteiger partial charge is 0.354 e. The lowest BCUT2D eigenvalue weighted by Gasteiger charge is -2.29. The summed E-state index contributed by atoms with van der Waals surface area (Å²) in [6.45, 7) is 4.99. The molecular formula is C23H30N2O2. The molecule has 4 heteroatoms. The van der Waals surface area contributed by atoms with Crippen LogP contribution in [0.4, 0.5) is 0 Å². The second-order valence-electron chi connectivity index (χ2n) is 6.81. The minimum absolute atomic E-state index is 0.000785. The van der Waals surface area contributed by atoms with Gasteiger partial charge in [0.05, 0.1) is 0 Å². The van der Waals surface area contributed by atoms with Crippen LogP contribution < -0.4 is 5.32 Å². The lowest BCUT2D eigenvalue weighted by molar-refractivity contribution is -0.140. The van der Waals surface area contributed by atoms with Crippen LogP contribution >= 0.6 is 0 Å². The van der Waals surface area contributed by atoms with Gasteiger partial charge in [-0.25, -0.2) is 0 Å². The van der Waals surface area contributed by atoms with Crippen molar-refractivity contribution in [3.63, 3.8) is 0 Å². The van der Waals surface area contributed by atoms with Gasteiger partial charge in [-0.1, -0.05) is 74.0 Å². The second kappa shape index (κ2) is 11.2. The zero-order valence-corrected chi connectivity index (χ0v) is 16.4. The van der Waals surface area contributed by atoms with Crippen LogP contribution in [0, 0.1) is 0 Å². The van der Waals surface area contributed by atoms with Crippen molar-refractivity contribution in [2.75, 3.05) is 6.54 Å². The van der Waals surface area contributed by atoms with E-state index in [1.807, 2.05) is 67.6 Å². The van der Waals surface area contributed by atoms with Gasteiger partial charge in [0.15, 0.2) is 0 Å². The molecule has 0 saturated carbocycles. The van der Waals surface area contributed by atoms with E-state index in [0.717, 1.165) is 24.0 Å². The molecule has 2 aromatic rings. The molecule has 0 bridgehead atoms. The van der Waals surface area contributed by atoms with E-state index >= 15 is 0 Å². The number of rotatable bonds is 10. The fraction of sp³-hybridized carbons (Fsp3) is 0.391. The Balaban J connectivity index is 2.05. The third kappa shape index (κ3) is 6.89. The van der Waals surface area contributed by atoms with Crippen LogP contribution in [-0.4, -0.2) is 29.3 Å². The van der Waals surface area contributed by atoms with Crippen molar-refractivity contribution in [2.24, 2.45) is 0 Å². The SMILES string of the molecule is CCCCNC(=O)C(C)N(Cc1ccccc1)C(=O)CCc1ccccc1. The van der Waals surface area contributed by atoms with Crippen LogP contribution in [-0.2, 0) is 22.6 Å². The molecule has 0 saturated heterocycles. The van der Waals surface area contributed by atoms with Gasteiger partial charge < -0.3 is 10.2 Å². The van der Waals surface area contributed by atoms with Crippen molar-refractivity contribution in [3.8, 4) is 0 Å². The quantitative estimate of drug-likeness (QED) is 0.647. The summed E-state index contributed by atoms with van der Waals surface area (Å²) in [5.41, 5.74) is 2.16. The first kappa shape index (κ1) is 20.7. The molecule has 0 aliphatic rings. The number of hydrogen-bond acceptors (Lipinski definition) is 2. The minimum atomic E-state index is -0.495. The zero-order chi connectivity index (χ0) is 19.5. The molecular weight excluding hydrogens is 336 g/mol. The van der Waals surface area contributed by atoms with Gasteiger partial charge in [-0.05, 0) is 30.9 Å². The van der Waals surface area contributed by atoms with Crippen LogP contribution in [0.1, 0.15) is 44.2 Å². The molecule has 1 unspecified atom stereocenters. The summed E-state index contributed by atoms with van der Waals surface area (Å²) in [5, 5.41) is 2.95. The standard InChI is InChI=1S/C23H30N2O2/c1-3-4-17-24-23(27)19(2)25(18-21-13-9-6-10-14-21)22(26)16-15-20-11-7-5-8-12-20/h5-14,19H,3-4,15-18H2,1-2H3,(H,24,27). The third-order valence-electron chi connectivity index (χ3n) is 4.66. The van der Waals surface area contributed by atoms with Crippen molar-refractivity contribution in [3.05, 3.63) is 71.8 Å². The molecule has 27 heavy (non-hydrogen) atoms. The molecule has 0 aliphatic carbocycles. The summed E-state index contributed by atoms with van der Waals surface area (Å²) in [4.78, 5) is 27.2. The van der Waals surface area contributed by atoms with Crippen molar-refractivity contribution >= 4 is 11.8 Å². The zero-order valence-electron chi connectivity index (χ0n) is 16.4. The number of nitrogens with one attached hydrogen (secondary N) is 1. The number of aryl methyl sites for hydroxylation is 1. The number of nitrogens with zero attached hydrogens (tertiary/aromatic N) is 1. The average Bonchev–Trinajstić information content (AvgIpc) is 2.71. The number of carbonyl (C=O) groups excluding carboxylic acids is 2. The summed E-state index contributed by atoms with van der Waals surface area (Å²) >= 11 is 0. The molecule has 0 heterocycles. The first-order chi connectivity index (χ1) is 13.1. The van der Waals surface area contributed by atoms with E-state index in [-0.39, 0.29) is 11.8 Å². The van der Waals surface area contributed by atoms with Gasteiger partial charge in [0, 0.05) is 19.5 Å². The van der Waals surface area contributed by atoms with Gasteiger partial charge in [-0.15, -0.1) is 0 Å². The maximum Gasteiger partial charge on any atom is 0.242 e. The fourth-order valence-electron chi connectivity index (χ4n) is 2.94. The topological polar surface area (TPSA) is 49.4 Å². The Hall–Kier alpha value is -2.62. The number of amides is 2. The molecule has 2 rings (SSSR count). The molecule has 144 valence electrons. The van der Waals surface area contributed by atoms with Gasteiger partial charge >= 0.3 is 0 Å². The predicted molar refractivity (Wildman–Crippen MR) is 109 cm³/mol. The molecule has 0 fully saturated rings. The number of hydrogen-bond donors (Lipinski definition) is 1. The van der Waals surface area contributed by atoms with Crippen molar-refractivity contribution in [2.45, 2.75) is 52.1 Å². The molecule has 0 aromatic heterocycles. The maximum atomic E-state index is 12.9. The summed E-state index contributed by atoms with van der Waals surface area (Å²) in [6, 6.07) is 19.3. The molecule has 1 N–H and O–H groups in total. The minimum Gasteiger partial charge on any atom is -0.354 e. The van der Waals surface area contributed by atoms with Gasteiger partial charge in [0.2, 0.25) is 11.8 Å². The normalized spacial score (nSPS) is 11.6. The van der Waals surface area contributed by atoms with E-state index in [9.17, 15) is 9.59 Å². The Morgan fingerprint density at radius 1 is 0.963 bits per heavy atom. The fourth-order valence-corrected chi connectivity index (χ4v) is 2.94. The Morgan fingerprint density at radius 3 is 2.15 bits per heavy atom. The Morgan fingerprint density at radius 2 is 1.56 bits per heavy atom. The Labute approximate surface area is 162 Å². The first-order valence-electron chi connectivity index (χ1n) is 9.76. The van der Waals surface area contributed by atoms with E-state index in [1.165, 1.54) is 0 Å². The van der Waals surface area contributed by atoms with Crippen molar-refractivity contribution in [1.82, 2.24) is 10.2 Å². The summed E-state index contributed by atoms with van der Waals surface area (Å²) < 4.78 is 0. The van der Waals surface area contributed by atoms with E-state index in [4.69, 9.17) is 0 Å². The highest BCUT2D eigenvalue weighted by atomic mass is 16.2. The molecule has 0 spiro atoms. The lowest BCUT2D eigenvalue weighted by atomic mass is 10.1. The highest BCUT2D eigenvalue weighted by molar-refractivity contribution is 5.87. The highest BCUT2D eigenvalue weighted by Gasteiger charge is 2.25. The average molecular weight is 367 g/mol. The van der Waals surface area contributed by atoms with Crippen LogP contribution in [0.25, 0.3) is 0 Å². The van der Waals surface area contributed by atoms with E-state index in [0.29, 0.717) is 25.9 Å². The van der Waals surface area contributed by atoms with E-state index in [1.54, 1.807) is 4.90 Å². The predicted octanol–water partition coefficient (Wildman–Crippen LogP) is 3.95. The number of carbonyl (C=O) groups is 2. The van der Waals surface area contributed by atoms with Gasteiger partial charge in [0.25, 0.3) is 0 Å². The molecule has 1 atom stereocenters. The van der Waals surface area contributed by atoms with Crippen LogP contribution in [0.15, 0.2) is 60.7 Å². The molecule has 4 nitrogen and oxygen atoms in total. The smallest absolute Gasteiger partial charge is 0.242 e. The molecule has 0 radical (unpaired) electrons. The maximum absolute atomic E-state index is 12.9. The van der Waals surface area contributed by atoms with Gasteiger partial charge in [0.1, 0.15) is 6.04 Å². The van der Waals surface area contributed by atoms with Crippen LogP contribution in [0.2, 0.25) is 0 Å². The molecule has 0 aliphatic heterocycles. The second-order valence-corrected chi connectivity index (χ2v) is 6.81. The third-order valence-corrected chi connectivity index (χ3v) is 4.66. The molecule has 2 amide bonds. The summed E-state index contributed by atoms with van der Waals surface area (Å²) in [5.74, 6) is -0.0895. The van der Waals surface area contributed by atoms with Crippen LogP contribution in [0.5, 0.6) is 0 Å².